The van der Waals surface area contributed by atoms with Gasteiger partial charge in [0.05, 0.1) is 68.7 Å². The summed E-state index contributed by atoms with van der Waals surface area (Å²) >= 11 is 0. The molecule has 0 spiro atoms. The monoisotopic (exact) mass is 1010 g/mol. The highest BCUT2D eigenvalue weighted by molar-refractivity contribution is 6.00. The summed E-state index contributed by atoms with van der Waals surface area (Å²) in [6.07, 6.45) is 9.10. The van der Waals surface area contributed by atoms with Crippen molar-refractivity contribution < 1.29 is 38.1 Å². The number of aromatic nitrogens is 6. The molecule has 2 amide bonds. The van der Waals surface area contributed by atoms with Crippen LogP contribution in [-0.2, 0) is 58.1 Å². The summed E-state index contributed by atoms with van der Waals surface area (Å²) in [5, 5.41) is 18.7. The summed E-state index contributed by atoms with van der Waals surface area (Å²) in [6, 6.07) is 13.1. The van der Waals surface area contributed by atoms with Crippen molar-refractivity contribution in [1.29, 1.82) is 0 Å². The fourth-order valence-electron chi connectivity index (χ4n) is 9.17. The molecule has 4 heterocycles. The number of hydrogen-bond donors (Lipinski definition) is 5. The number of carbonyl (C=O) groups is 3. The molecule has 7 rings (SSSR count). The van der Waals surface area contributed by atoms with Crippen LogP contribution in [0.4, 0.5) is 5.95 Å². The fraction of sp³-hybridized carbons (Fsp3) is 0.604. The van der Waals surface area contributed by atoms with Crippen LogP contribution in [0.15, 0.2) is 53.5 Å². The minimum Gasteiger partial charge on any atom is -0.461 e. The molecule has 2 aromatic carbocycles. The second kappa shape index (κ2) is 28.2. The molecule has 1 unspecified atom stereocenters. The zero-order valence-corrected chi connectivity index (χ0v) is 43.2. The number of rotatable bonds is 31. The number of benzene rings is 2. The second-order valence-electron chi connectivity index (χ2n) is 19.3. The van der Waals surface area contributed by atoms with Crippen molar-refractivity contribution in [2.45, 2.75) is 116 Å². The molecule has 2 aliphatic rings. The molecule has 20 heteroatoms. The predicted molar refractivity (Wildman–Crippen MR) is 279 cm³/mol. The van der Waals surface area contributed by atoms with Crippen LogP contribution < -0.4 is 32.7 Å². The molecular weight excluding hydrogens is 935 g/mol. The molecule has 73 heavy (non-hydrogen) atoms. The maximum absolute atomic E-state index is 13.0. The highest BCUT2D eigenvalue weighted by atomic mass is 16.6. The lowest BCUT2D eigenvalue weighted by Gasteiger charge is -2.29. The zero-order chi connectivity index (χ0) is 51.5. The summed E-state index contributed by atoms with van der Waals surface area (Å²) in [5.74, 6) is -0.438. The van der Waals surface area contributed by atoms with Gasteiger partial charge in [-0.2, -0.15) is 10.1 Å². The standard InChI is InChI=1S/C53H77N11O9/c1-5-6-21-57-52-58-35-42-48(61-64(49(42)60-52)40-14-16-41(17-15-40)73-51(67)47(54)36(2)3)39-12-9-38(10-13-39)34-56-23-22-55-24-26-70-28-30-72-32-31-71-29-27-69-25-7-8-37-11-18-43-45(33-37)62(4)53(68)63(43)44-19-20-46(65)59-50(44)66/h9-13,18,33,35-36,40-41,44,47,55-56H,5-8,14-17,19-32,34,54H2,1-4H3,(H,57,58,60)(H,59,65,66)/t40-,41-,44?,47-/m0/s1. The van der Waals surface area contributed by atoms with E-state index in [0.29, 0.717) is 70.7 Å². The van der Waals surface area contributed by atoms with Gasteiger partial charge >= 0.3 is 11.7 Å². The largest absolute Gasteiger partial charge is 0.461 e. The Morgan fingerprint density at radius 1 is 0.808 bits per heavy atom. The summed E-state index contributed by atoms with van der Waals surface area (Å²) in [4.78, 5) is 59.2. The molecule has 1 aliphatic heterocycles. The number of aryl methyl sites for hydroxylation is 2. The zero-order valence-electron chi connectivity index (χ0n) is 43.2. The van der Waals surface area contributed by atoms with E-state index < -0.39 is 18.0 Å². The lowest BCUT2D eigenvalue weighted by atomic mass is 9.93. The lowest BCUT2D eigenvalue weighted by Crippen LogP contribution is -2.44. The average Bonchev–Trinajstić information content (AvgIpc) is 3.88. The van der Waals surface area contributed by atoms with Crippen molar-refractivity contribution >= 4 is 45.8 Å². The van der Waals surface area contributed by atoms with Gasteiger partial charge in [-0.15, -0.1) is 0 Å². The smallest absolute Gasteiger partial charge is 0.329 e. The summed E-state index contributed by atoms with van der Waals surface area (Å²) in [6.45, 7) is 14.1. The Kier molecular flexibility index (Phi) is 21.3. The lowest BCUT2D eigenvalue weighted by molar-refractivity contribution is -0.153. The first-order chi connectivity index (χ1) is 35.5. The third-order valence-corrected chi connectivity index (χ3v) is 13.5. The van der Waals surface area contributed by atoms with Crippen LogP contribution >= 0.6 is 0 Å². The molecule has 0 radical (unpaired) electrons. The van der Waals surface area contributed by atoms with Crippen molar-refractivity contribution in [1.82, 2.24) is 44.8 Å². The Hall–Kier alpha value is -5.61. The number of amides is 2. The van der Waals surface area contributed by atoms with E-state index >= 15 is 0 Å². The van der Waals surface area contributed by atoms with Crippen LogP contribution in [0.2, 0.25) is 0 Å². The number of carbonyl (C=O) groups excluding carboxylic acids is 3. The van der Waals surface area contributed by atoms with E-state index in [1.807, 2.05) is 38.2 Å². The number of hydrogen-bond acceptors (Lipinski definition) is 16. The molecule has 398 valence electrons. The van der Waals surface area contributed by atoms with Crippen molar-refractivity contribution in [2.75, 3.05) is 84.4 Å². The fourth-order valence-corrected chi connectivity index (χ4v) is 9.17. The number of imidazole rings is 1. The van der Waals surface area contributed by atoms with Gasteiger partial charge in [0.2, 0.25) is 17.8 Å². The number of piperidine rings is 1. The molecule has 6 N–H and O–H groups in total. The van der Waals surface area contributed by atoms with E-state index in [-0.39, 0.29) is 42.1 Å². The summed E-state index contributed by atoms with van der Waals surface area (Å²) in [5.41, 5.74) is 12.1. The second-order valence-corrected chi connectivity index (χ2v) is 19.3. The van der Waals surface area contributed by atoms with Crippen molar-refractivity contribution in [3.8, 4) is 11.3 Å². The van der Waals surface area contributed by atoms with Gasteiger partial charge in [0.1, 0.15) is 23.9 Å². The van der Waals surface area contributed by atoms with E-state index in [2.05, 4.69) is 62.1 Å². The Morgan fingerprint density at radius 3 is 2.19 bits per heavy atom. The maximum Gasteiger partial charge on any atom is 0.329 e. The Balaban J connectivity index is 0.707. The van der Waals surface area contributed by atoms with Crippen molar-refractivity contribution in [2.24, 2.45) is 18.7 Å². The molecule has 1 saturated heterocycles. The maximum atomic E-state index is 13.0. The van der Waals surface area contributed by atoms with Crippen LogP contribution in [-0.4, -0.2) is 138 Å². The first kappa shape index (κ1) is 55.1. The van der Waals surface area contributed by atoms with Gasteiger partial charge in [-0.05, 0) is 80.5 Å². The van der Waals surface area contributed by atoms with Gasteiger partial charge in [0.25, 0.3) is 0 Å². The molecular formula is C53H77N11O9. The number of nitrogens with zero attached hydrogens (tertiary/aromatic N) is 6. The number of unbranched alkanes of at least 4 members (excludes halogenated alkanes) is 1. The molecule has 1 saturated carbocycles. The van der Waals surface area contributed by atoms with E-state index in [1.165, 1.54) is 10.1 Å². The normalized spacial score (nSPS) is 17.7. The molecule has 2 atom stereocenters. The van der Waals surface area contributed by atoms with Crippen LogP contribution in [0.25, 0.3) is 33.3 Å². The van der Waals surface area contributed by atoms with Gasteiger partial charge < -0.3 is 45.4 Å². The predicted octanol–water partition coefficient (Wildman–Crippen LogP) is 4.73. The number of esters is 1. The number of imide groups is 1. The Morgan fingerprint density at radius 2 is 1.49 bits per heavy atom. The van der Waals surface area contributed by atoms with Gasteiger partial charge in [-0.25, -0.2) is 14.5 Å². The van der Waals surface area contributed by atoms with Gasteiger partial charge in [-0.1, -0.05) is 57.5 Å². The van der Waals surface area contributed by atoms with E-state index in [0.717, 1.165) is 117 Å². The number of fused-ring (bicyclic) bond motifs is 2. The number of nitrogens with two attached hydrogens (primary N) is 1. The highest BCUT2D eigenvalue weighted by Gasteiger charge is 2.32. The average molecular weight is 1010 g/mol. The summed E-state index contributed by atoms with van der Waals surface area (Å²) in [7, 11) is 1.70. The molecule has 20 nitrogen and oxygen atoms in total. The van der Waals surface area contributed by atoms with E-state index in [1.54, 1.807) is 11.6 Å². The number of ether oxygens (including phenoxy) is 5. The topological polar surface area (TPSA) is 242 Å². The van der Waals surface area contributed by atoms with Crippen LogP contribution in [0.1, 0.15) is 102 Å². The third kappa shape index (κ3) is 15.5. The molecule has 0 bridgehead atoms. The van der Waals surface area contributed by atoms with Crippen LogP contribution in [0.5, 0.6) is 0 Å². The van der Waals surface area contributed by atoms with E-state index in [4.69, 9.17) is 39.5 Å². The van der Waals surface area contributed by atoms with Crippen molar-refractivity contribution in [3.63, 3.8) is 0 Å². The quantitative estimate of drug-likeness (QED) is 0.0229. The Bertz CT molecular complexity index is 2610. The molecule has 1 aliphatic carbocycles. The number of anilines is 1. The van der Waals surface area contributed by atoms with Crippen molar-refractivity contribution in [3.05, 3.63) is 70.3 Å². The molecule has 2 fully saturated rings. The summed E-state index contributed by atoms with van der Waals surface area (Å²) < 4.78 is 33.6. The molecule has 3 aromatic heterocycles. The van der Waals surface area contributed by atoms with Gasteiger partial charge in [-0.3, -0.25) is 28.8 Å². The SMILES string of the molecule is CCCCNc1ncc2c(-c3ccc(CNCCNCCOCCOCCOCCOCCCc4ccc5c(c4)n(C)c(=O)n5C4CCC(=O)NC4=O)cc3)nn([C@H]3CC[C@H](OC(=O)[C@@H](N)C(C)C)CC3)c2n1. The van der Waals surface area contributed by atoms with Crippen LogP contribution in [0.3, 0.4) is 0 Å². The highest BCUT2D eigenvalue weighted by Crippen LogP contribution is 2.36. The van der Waals surface area contributed by atoms with Crippen LogP contribution in [0, 0.1) is 5.92 Å². The third-order valence-electron chi connectivity index (χ3n) is 13.5. The van der Waals surface area contributed by atoms with E-state index in [9.17, 15) is 19.2 Å². The Labute approximate surface area is 427 Å². The van der Waals surface area contributed by atoms with Gasteiger partial charge in [0.15, 0.2) is 5.65 Å². The minimum absolute atomic E-state index is 0.0296. The van der Waals surface area contributed by atoms with Gasteiger partial charge in [0, 0.05) is 64.6 Å². The minimum atomic E-state index is -0.694. The number of nitrogens with one attached hydrogen (secondary N) is 4. The first-order valence-electron chi connectivity index (χ1n) is 26.3. The first-order valence-corrected chi connectivity index (χ1v) is 26.3. The molecule has 5 aromatic rings.